The highest BCUT2D eigenvalue weighted by molar-refractivity contribution is 5.85. The summed E-state index contributed by atoms with van der Waals surface area (Å²) >= 11 is 0. The molecule has 0 aromatic heterocycles. The van der Waals surface area contributed by atoms with Crippen LogP contribution in [0.4, 0.5) is 5.69 Å². The van der Waals surface area contributed by atoms with Crippen LogP contribution in [-0.2, 0) is 0 Å². The number of nitrogens with zero attached hydrogens (tertiary/aromatic N) is 3. The lowest BCUT2D eigenvalue weighted by atomic mass is 10.0. The van der Waals surface area contributed by atoms with Gasteiger partial charge >= 0.3 is 0 Å². The van der Waals surface area contributed by atoms with E-state index in [4.69, 9.17) is 5.73 Å². The van der Waals surface area contributed by atoms with Gasteiger partial charge in [-0.15, -0.1) is 0 Å². The first-order valence-electron chi connectivity index (χ1n) is 7.66. The minimum atomic E-state index is 0.608. The van der Waals surface area contributed by atoms with Gasteiger partial charge in [-0.1, -0.05) is 48.5 Å². The highest BCUT2D eigenvalue weighted by atomic mass is 15.3. The Labute approximate surface area is 131 Å². The summed E-state index contributed by atoms with van der Waals surface area (Å²) in [5, 5.41) is 0. The Bertz CT molecular complexity index is 643. The van der Waals surface area contributed by atoms with Crippen molar-refractivity contribution in [2.45, 2.75) is 0 Å². The second kappa shape index (κ2) is 6.62. The van der Waals surface area contributed by atoms with Gasteiger partial charge in [0.15, 0.2) is 5.96 Å². The normalized spacial score (nSPS) is 16.8. The predicted octanol–water partition coefficient (Wildman–Crippen LogP) is 2.55. The Morgan fingerprint density at radius 2 is 1.55 bits per heavy atom. The standard InChI is InChI=1S/C18H22N4/c1-21-11-13-22(14-12-21)18(19)20-17-10-6-5-9-16(17)15-7-3-2-4-8-15/h2-10H,11-14H2,1H3,(H2,19,20). The molecule has 4 heteroatoms. The van der Waals surface area contributed by atoms with Crippen molar-refractivity contribution >= 4 is 11.6 Å². The van der Waals surface area contributed by atoms with Gasteiger partial charge < -0.3 is 15.5 Å². The molecule has 2 aromatic rings. The van der Waals surface area contributed by atoms with Crippen molar-refractivity contribution in [3.63, 3.8) is 0 Å². The van der Waals surface area contributed by atoms with Gasteiger partial charge in [-0.3, -0.25) is 0 Å². The average Bonchev–Trinajstić information content (AvgIpc) is 2.57. The lowest BCUT2D eigenvalue weighted by Crippen LogP contribution is -2.49. The van der Waals surface area contributed by atoms with Gasteiger partial charge in [-0.25, -0.2) is 4.99 Å². The number of piperazine rings is 1. The third-order valence-electron chi connectivity index (χ3n) is 4.05. The number of para-hydroxylation sites is 1. The molecule has 0 bridgehead atoms. The summed E-state index contributed by atoms with van der Waals surface area (Å²) in [5.41, 5.74) is 9.42. The van der Waals surface area contributed by atoms with Crippen LogP contribution in [0.1, 0.15) is 0 Å². The zero-order chi connectivity index (χ0) is 15.4. The highest BCUT2D eigenvalue weighted by Crippen LogP contribution is 2.29. The summed E-state index contributed by atoms with van der Waals surface area (Å²) in [4.78, 5) is 9.15. The van der Waals surface area contributed by atoms with Gasteiger partial charge in [-0.2, -0.15) is 0 Å². The molecule has 0 amide bonds. The first kappa shape index (κ1) is 14.6. The Hall–Kier alpha value is -2.33. The molecule has 22 heavy (non-hydrogen) atoms. The summed E-state index contributed by atoms with van der Waals surface area (Å²) in [6.07, 6.45) is 0. The summed E-state index contributed by atoms with van der Waals surface area (Å²) in [6, 6.07) is 18.4. The number of benzene rings is 2. The molecular formula is C18H22N4. The van der Waals surface area contributed by atoms with Gasteiger partial charge in [0.1, 0.15) is 0 Å². The minimum absolute atomic E-state index is 0.608. The molecule has 1 aliphatic heterocycles. The number of hydrogen-bond donors (Lipinski definition) is 1. The molecule has 114 valence electrons. The SMILES string of the molecule is CN1CCN(C(N)=Nc2ccccc2-c2ccccc2)CC1. The van der Waals surface area contributed by atoms with Crippen LogP contribution >= 0.6 is 0 Å². The third-order valence-corrected chi connectivity index (χ3v) is 4.05. The largest absolute Gasteiger partial charge is 0.369 e. The van der Waals surface area contributed by atoms with E-state index in [1.165, 1.54) is 0 Å². The summed E-state index contributed by atoms with van der Waals surface area (Å²) in [5.74, 6) is 0.608. The Balaban J connectivity index is 1.87. The van der Waals surface area contributed by atoms with Crippen LogP contribution in [-0.4, -0.2) is 49.0 Å². The second-order valence-corrected chi connectivity index (χ2v) is 5.64. The molecule has 2 N–H and O–H groups in total. The number of guanidine groups is 1. The van der Waals surface area contributed by atoms with E-state index in [1.54, 1.807) is 0 Å². The van der Waals surface area contributed by atoms with E-state index in [1.807, 2.05) is 36.4 Å². The van der Waals surface area contributed by atoms with E-state index in [9.17, 15) is 0 Å². The molecule has 0 aliphatic carbocycles. The first-order valence-corrected chi connectivity index (χ1v) is 7.66. The van der Waals surface area contributed by atoms with E-state index in [-0.39, 0.29) is 0 Å². The first-order chi connectivity index (χ1) is 10.7. The summed E-state index contributed by atoms with van der Waals surface area (Å²) in [7, 11) is 2.13. The number of nitrogens with two attached hydrogens (primary N) is 1. The van der Waals surface area contributed by atoms with Crippen LogP contribution in [0, 0.1) is 0 Å². The maximum atomic E-state index is 6.23. The number of likely N-dealkylation sites (N-methyl/N-ethyl adjacent to an activating group) is 1. The van der Waals surface area contributed by atoms with E-state index in [0.717, 1.165) is 43.0 Å². The summed E-state index contributed by atoms with van der Waals surface area (Å²) in [6.45, 7) is 3.91. The molecule has 3 rings (SSSR count). The molecule has 1 saturated heterocycles. The maximum Gasteiger partial charge on any atom is 0.196 e. The van der Waals surface area contributed by atoms with Crippen LogP contribution in [0.5, 0.6) is 0 Å². The maximum absolute atomic E-state index is 6.23. The van der Waals surface area contributed by atoms with Crippen molar-refractivity contribution in [1.82, 2.24) is 9.80 Å². The lowest BCUT2D eigenvalue weighted by Gasteiger charge is -2.33. The Kier molecular flexibility index (Phi) is 4.39. The van der Waals surface area contributed by atoms with Gasteiger partial charge in [0.25, 0.3) is 0 Å². The van der Waals surface area contributed by atoms with Gasteiger partial charge in [0, 0.05) is 31.7 Å². The summed E-state index contributed by atoms with van der Waals surface area (Å²) < 4.78 is 0. The molecular weight excluding hydrogens is 272 g/mol. The van der Waals surface area contributed by atoms with Crippen molar-refractivity contribution in [2.24, 2.45) is 10.7 Å². The van der Waals surface area contributed by atoms with Crippen LogP contribution in [0.15, 0.2) is 59.6 Å². The molecule has 0 unspecified atom stereocenters. The fourth-order valence-electron chi connectivity index (χ4n) is 2.66. The fourth-order valence-corrected chi connectivity index (χ4v) is 2.66. The lowest BCUT2D eigenvalue weighted by molar-refractivity contribution is 0.214. The number of aliphatic imine (C=N–C) groups is 1. The number of hydrogen-bond acceptors (Lipinski definition) is 2. The van der Waals surface area contributed by atoms with Crippen molar-refractivity contribution in [2.75, 3.05) is 33.2 Å². The van der Waals surface area contributed by atoms with Gasteiger partial charge in [0.05, 0.1) is 5.69 Å². The van der Waals surface area contributed by atoms with E-state index >= 15 is 0 Å². The molecule has 0 saturated carbocycles. The zero-order valence-electron chi connectivity index (χ0n) is 12.9. The van der Waals surface area contributed by atoms with E-state index < -0.39 is 0 Å². The smallest absolute Gasteiger partial charge is 0.196 e. The molecule has 1 heterocycles. The van der Waals surface area contributed by atoms with Gasteiger partial charge in [-0.05, 0) is 18.7 Å². The Morgan fingerprint density at radius 3 is 2.27 bits per heavy atom. The highest BCUT2D eigenvalue weighted by Gasteiger charge is 2.15. The minimum Gasteiger partial charge on any atom is -0.369 e. The van der Waals surface area contributed by atoms with Gasteiger partial charge in [0.2, 0.25) is 0 Å². The van der Waals surface area contributed by atoms with E-state index in [0.29, 0.717) is 5.96 Å². The van der Waals surface area contributed by atoms with Crippen molar-refractivity contribution < 1.29 is 0 Å². The van der Waals surface area contributed by atoms with Crippen molar-refractivity contribution in [1.29, 1.82) is 0 Å². The number of rotatable bonds is 2. The topological polar surface area (TPSA) is 44.9 Å². The quantitative estimate of drug-likeness (QED) is 0.684. The average molecular weight is 294 g/mol. The van der Waals surface area contributed by atoms with Crippen LogP contribution in [0.2, 0.25) is 0 Å². The molecule has 4 nitrogen and oxygen atoms in total. The Morgan fingerprint density at radius 1 is 0.909 bits per heavy atom. The van der Waals surface area contributed by atoms with E-state index in [2.05, 4.69) is 40.0 Å². The van der Waals surface area contributed by atoms with Crippen LogP contribution < -0.4 is 5.73 Å². The third kappa shape index (κ3) is 3.28. The molecule has 0 atom stereocenters. The van der Waals surface area contributed by atoms with Crippen LogP contribution in [0.25, 0.3) is 11.1 Å². The van der Waals surface area contributed by atoms with Crippen molar-refractivity contribution in [3.05, 3.63) is 54.6 Å². The monoisotopic (exact) mass is 294 g/mol. The van der Waals surface area contributed by atoms with Crippen LogP contribution in [0.3, 0.4) is 0 Å². The molecule has 0 radical (unpaired) electrons. The fraction of sp³-hybridized carbons (Fsp3) is 0.278. The molecule has 1 aliphatic rings. The predicted molar refractivity (Wildman–Crippen MR) is 92.2 cm³/mol. The molecule has 2 aromatic carbocycles. The second-order valence-electron chi connectivity index (χ2n) is 5.64. The molecule has 0 spiro atoms. The van der Waals surface area contributed by atoms with Crippen molar-refractivity contribution in [3.8, 4) is 11.1 Å². The molecule has 1 fully saturated rings. The zero-order valence-corrected chi connectivity index (χ0v) is 12.9.